The van der Waals surface area contributed by atoms with Crippen molar-refractivity contribution in [3.63, 3.8) is 0 Å². The Balaban J connectivity index is 2.58. The average molecular weight is 329 g/mol. The van der Waals surface area contributed by atoms with Crippen molar-refractivity contribution in [2.75, 3.05) is 0 Å². The van der Waals surface area contributed by atoms with Crippen LogP contribution >= 0.6 is 27.5 Å². The van der Waals surface area contributed by atoms with Gasteiger partial charge in [-0.25, -0.2) is 4.39 Å². The second-order valence-corrected chi connectivity index (χ2v) is 5.52. The number of hydrogen-bond acceptors (Lipinski definition) is 1. The van der Waals surface area contributed by atoms with Crippen LogP contribution in [0.15, 0.2) is 46.9 Å². The maximum absolute atomic E-state index is 14.2. The van der Waals surface area contributed by atoms with Crippen LogP contribution in [0.3, 0.4) is 0 Å². The van der Waals surface area contributed by atoms with E-state index in [1.165, 1.54) is 0 Å². The van der Waals surface area contributed by atoms with Crippen LogP contribution in [0.5, 0.6) is 0 Å². The highest BCUT2D eigenvalue weighted by Crippen LogP contribution is 2.34. The van der Waals surface area contributed by atoms with Crippen LogP contribution in [0.1, 0.15) is 18.1 Å². The highest BCUT2D eigenvalue weighted by Gasteiger charge is 2.28. The predicted octanol–water partition coefficient (Wildman–Crippen LogP) is 4.46. The molecule has 0 saturated heterocycles. The van der Waals surface area contributed by atoms with E-state index in [2.05, 4.69) is 15.9 Å². The van der Waals surface area contributed by atoms with Crippen molar-refractivity contribution in [2.45, 2.75) is 12.5 Å². The Bertz CT molecular complexity index is 570. The molecule has 18 heavy (non-hydrogen) atoms. The molecule has 0 aliphatic rings. The zero-order chi connectivity index (χ0) is 13.3. The molecule has 0 aliphatic carbocycles. The summed E-state index contributed by atoms with van der Waals surface area (Å²) < 4.78 is 14.7. The average Bonchev–Trinajstić information content (AvgIpc) is 2.37. The molecule has 1 unspecified atom stereocenters. The second-order valence-electron chi connectivity index (χ2n) is 4.29. The Morgan fingerprint density at radius 2 is 1.78 bits per heavy atom. The van der Waals surface area contributed by atoms with Gasteiger partial charge in [0.2, 0.25) is 0 Å². The van der Waals surface area contributed by atoms with Gasteiger partial charge in [0.25, 0.3) is 0 Å². The van der Waals surface area contributed by atoms with Gasteiger partial charge in [0.15, 0.2) is 0 Å². The maximum atomic E-state index is 14.2. The fourth-order valence-corrected chi connectivity index (χ4v) is 2.34. The molecule has 94 valence electrons. The molecule has 2 N–H and O–H groups in total. The van der Waals surface area contributed by atoms with Gasteiger partial charge in [0.1, 0.15) is 5.82 Å². The Morgan fingerprint density at radius 3 is 2.39 bits per heavy atom. The third-order valence-electron chi connectivity index (χ3n) is 2.97. The predicted molar refractivity (Wildman–Crippen MR) is 76.2 cm³/mol. The fourth-order valence-electron chi connectivity index (χ4n) is 1.87. The highest BCUT2D eigenvalue weighted by atomic mass is 79.9. The van der Waals surface area contributed by atoms with E-state index in [1.54, 1.807) is 19.1 Å². The van der Waals surface area contributed by atoms with E-state index in [0.29, 0.717) is 10.0 Å². The van der Waals surface area contributed by atoms with Gasteiger partial charge in [-0.2, -0.15) is 0 Å². The molecule has 2 rings (SSSR count). The van der Waals surface area contributed by atoms with Crippen LogP contribution in [0.25, 0.3) is 0 Å². The number of benzene rings is 2. The Labute approximate surface area is 119 Å². The summed E-state index contributed by atoms with van der Waals surface area (Å²) in [4.78, 5) is 0. The molecular weight excluding hydrogens is 317 g/mol. The number of halogens is 3. The Hall–Kier alpha value is -0.900. The van der Waals surface area contributed by atoms with E-state index in [0.717, 1.165) is 5.56 Å². The van der Waals surface area contributed by atoms with E-state index in [-0.39, 0.29) is 5.02 Å². The summed E-state index contributed by atoms with van der Waals surface area (Å²) in [5.74, 6) is -0.486. The zero-order valence-corrected chi connectivity index (χ0v) is 12.1. The van der Waals surface area contributed by atoms with Crippen molar-refractivity contribution in [3.8, 4) is 0 Å². The van der Waals surface area contributed by atoms with Crippen molar-refractivity contribution in [2.24, 2.45) is 5.73 Å². The summed E-state index contributed by atoms with van der Waals surface area (Å²) in [5.41, 5.74) is 6.56. The normalized spacial score (nSPS) is 14.3. The molecule has 0 fully saturated rings. The number of rotatable bonds is 2. The van der Waals surface area contributed by atoms with Crippen molar-refractivity contribution in [1.29, 1.82) is 0 Å². The minimum absolute atomic E-state index is 0.0557. The topological polar surface area (TPSA) is 26.0 Å². The van der Waals surface area contributed by atoms with Crippen molar-refractivity contribution in [1.82, 2.24) is 0 Å². The van der Waals surface area contributed by atoms with Crippen LogP contribution in [0.4, 0.5) is 4.39 Å². The van der Waals surface area contributed by atoms with E-state index < -0.39 is 11.4 Å². The lowest BCUT2D eigenvalue weighted by Gasteiger charge is -2.26. The van der Waals surface area contributed by atoms with Crippen molar-refractivity contribution >= 4 is 27.5 Å². The molecule has 0 heterocycles. The quantitative estimate of drug-likeness (QED) is 0.809. The third-order valence-corrected chi connectivity index (χ3v) is 4.23. The highest BCUT2D eigenvalue weighted by molar-refractivity contribution is 9.10. The van der Waals surface area contributed by atoms with Gasteiger partial charge in [-0.05, 0) is 34.5 Å². The van der Waals surface area contributed by atoms with Gasteiger partial charge in [-0.15, -0.1) is 0 Å². The second kappa shape index (κ2) is 5.00. The lowest BCUT2D eigenvalue weighted by atomic mass is 9.85. The molecule has 0 aromatic heterocycles. The molecule has 0 amide bonds. The molecule has 1 nitrogen and oxygen atoms in total. The molecule has 2 aromatic rings. The summed E-state index contributed by atoms with van der Waals surface area (Å²) in [6.07, 6.45) is 0. The first kappa shape index (κ1) is 13.5. The smallest absolute Gasteiger partial charge is 0.148 e. The standard InChI is InChI=1S/C14H12BrClFN/c1-14(18,9-5-3-2-4-6-9)10-7-8-11(15)12(16)13(10)17/h2-8H,18H2,1H3. The largest absolute Gasteiger partial charge is 0.318 e. The third kappa shape index (κ3) is 2.30. The Kier molecular flexibility index (Phi) is 3.76. The monoisotopic (exact) mass is 327 g/mol. The zero-order valence-electron chi connectivity index (χ0n) is 9.75. The van der Waals surface area contributed by atoms with E-state index in [4.69, 9.17) is 17.3 Å². The first-order chi connectivity index (χ1) is 8.44. The molecule has 0 aliphatic heterocycles. The van der Waals surface area contributed by atoms with Gasteiger partial charge >= 0.3 is 0 Å². The van der Waals surface area contributed by atoms with Gasteiger partial charge in [0, 0.05) is 10.0 Å². The molecule has 0 spiro atoms. The molecule has 0 saturated carbocycles. The fraction of sp³-hybridized carbons (Fsp3) is 0.143. The molecule has 1 atom stereocenters. The molecular formula is C14H12BrClFN. The van der Waals surface area contributed by atoms with Crippen molar-refractivity contribution in [3.05, 3.63) is 68.9 Å². The minimum Gasteiger partial charge on any atom is -0.318 e. The van der Waals surface area contributed by atoms with E-state index >= 15 is 0 Å². The number of hydrogen-bond donors (Lipinski definition) is 1. The molecule has 0 bridgehead atoms. The summed E-state index contributed by atoms with van der Waals surface area (Å²) >= 11 is 9.09. The summed E-state index contributed by atoms with van der Waals surface area (Å²) in [7, 11) is 0. The molecule has 2 aromatic carbocycles. The maximum Gasteiger partial charge on any atom is 0.148 e. The van der Waals surface area contributed by atoms with Gasteiger partial charge in [-0.3, -0.25) is 0 Å². The van der Waals surface area contributed by atoms with E-state index in [9.17, 15) is 4.39 Å². The van der Waals surface area contributed by atoms with Gasteiger partial charge in [-0.1, -0.05) is 48.0 Å². The van der Waals surface area contributed by atoms with Crippen LogP contribution in [0, 0.1) is 5.82 Å². The lowest BCUT2D eigenvalue weighted by molar-refractivity contribution is 0.530. The summed E-state index contributed by atoms with van der Waals surface area (Å²) in [5, 5.41) is 0.0557. The minimum atomic E-state index is -0.921. The molecule has 0 radical (unpaired) electrons. The lowest BCUT2D eigenvalue weighted by Crippen LogP contribution is -2.35. The molecule has 4 heteroatoms. The van der Waals surface area contributed by atoms with Gasteiger partial charge < -0.3 is 5.73 Å². The first-order valence-corrected chi connectivity index (χ1v) is 6.60. The number of nitrogens with two attached hydrogens (primary N) is 1. The SMILES string of the molecule is CC(N)(c1ccccc1)c1ccc(Br)c(Cl)c1F. The Morgan fingerprint density at radius 1 is 1.17 bits per heavy atom. The van der Waals surface area contributed by atoms with Gasteiger partial charge in [0.05, 0.1) is 10.6 Å². The van der Waals surface area contributed by atoms with E-state index in [1.807, 2.05) is 30.3 Å². The van der Waals surface area contributed by atoms with Crippen LogP contribution < -0.4 is 5.73 Å². The van der Waals surface area contributed by atoms with Crippen molar-refractivity contribution < 1.29 is 4.39 Å². The van der Waals surface area contributed by atoms with Crippen LogP contribution in [0.2, 0.25) is 5.02 Å². The summed E-state index contributed by atoms with van der Waals surface area (Å²) in [6, 6.07) is 12.7. The van der Waals surface area contributed by atoms with Crippen LogP contribution in [-0.2, 0) is 5.54 Å². The van der Waals surface area contributed by atoms with Crippen LogP contribution in [-0.4, -0.2) is 0 Å². The first-order valence-electron chi connectivity index (χ1n) is 5.43. The summed E-state index contributed by atoms with van der Waals surface area (Å²) in [6.45, 7) is 1.77.